The van der Waals surface area contributed by atoms with Crippen LogP contribution in [0.25, 0.3) is 11.0 Å². The quantitative estimate of drug-likeness (QED) is 0.787. The first-order chi connectivity index (χ1) is 10.5. The molecule has 2 aromatic carbocycles. The summed E-state index contributed by atoms with van der Waals surface area (Å²) in [6.45, 7) is 1.86. The van der Waals surface area contributed by atoms with Gasteiger partial charge in [0.2, 0.25) is 0 Å². The molecule has 110 valence electrons. The van der Waals surface area contributed by atoms with Crippen LogP contribution in [-0.4, -0.2) is 5.91 Å². The third-order valence-electron chi connectivity index (χ3n) is 3.23. The van der Waals surface area contributed by atoms with Gasteiger partial charge in [-0.15, -0.1) is 0 Å². The van der Waals surface area contributed by atoms with Crippen molar-refractivity contribution in [3.05, 3.63) is 75.9 Å². The van der Waals surface area contributed by atoms with Crippen molar-refractivity contribution in [3.8, 4) is 0 Å². The van der Waals surface area contributed by atoms with Crippen LogP contribution in [0.2, 0.25) is 0 Å². The normalized spacial score (nSPS) is 10.6. The minimum absolute atomic E-state index is 0.0270. The Morgan fingerprint density at radius 2 is 1.91 bits per heavy atom. The number of hydrogen-bond donors (Lipinski definition) is 1. The van der Waals surface area contributed by atoms with Crippen molar-refractivity contribution in [2.24, 2.45) is 0 Å². The summed E-state index contributed by atoms with van der Waals surface area (Å²) >= 11 is 0. The second-order valence-corrected chi connectivity index (χ2v) is 4.91. The van der Waals surface area contributed by atoms with E-state index in [1.54, 1.807) is 24.3 Å². The summed E-state index contributed by atoms with van der Waals surface area (Å²) in [5.74, 6) is -1.40. The Hall–Kier alpha value is -2.95. The van der Waals surface area contributed by atoms with Gasteiger partial charge in [0.05, 0.1) is 11.1 Å². The minimum atomic E-state index is -0.676. The van der Waals surface area contributed by atoms with Gasteiger partial charge in [-0.3, -0.25) is 9.59 Å². The van der Waals surface area contributed by atoms with Gasteiger partial charge in [0.25, 0.3) is 5.91 Å². The van der Waals surface area contributed by atoms with Crippen molar-refractivity contribution >= 4 is 22.6 Å². The molecule has 0 unspecified atom stereocenters. The Bertz CT molecular complexity index is 931. The van der Waals surface area contributed by atoms with Crippen LogP contribution in [0.1, 0.15) is 16.1 Å². The molecule has 0 aliphatic carbocycles. The molecule has 0 saturated heterocycles. The van der Waals surface area contributed by atoms with Gasteiger partial charge >= 0.3 is 0 Å². The molecule has 1 amide bonds. The molecule has 0 spiro atoms. The van der Waals surface area contributed by atoms with Crippen LogP contribution in [-0.2, 0) is 0 Å². The lowest BCUT2D eigenvalue weighted by atomic mass is 10.1. The molecule has 0 fully saturated rings. The van der Waals surface area contributed by atoms with Gasteiger partial charge in [0, 0.05) is 6.07 Å². The van der Waals surface area contributed by atoms with Crippen LogP contribution < -0.4 is 10.7 Å². The van der Waals surface area contributed by atoms with E-state index in [2.05, 4.69) is 5.32 Å². The van der Waals surface area contributed by atoms with Gasteiger partial charge in [-0.25, -0.2) is 4.39 Å². The van der Waals surface area contributed by atoms with Crippen LogP contribution in [0.3, 0.4) is 0 Å². The zero-order valence-electron chi connectivity index (χ0n) is 11.7. The van der Waals surface area contributed by atoms with E-state index < -0.39 is 11.7 Å². The number of carbonyl (C=O) groups is 1. The highest BCUT2D eigenvalue weighted by atomic mass is 19.1. The van der Waals surface area contributed by atoms with Gasteiger partial charge in [0.15, 0.2) is 11.2 Å². The van der Waals surface area contributed by atoms with E-state index in [0.29, 0.717) is 11.0 Å². The van der Waals surface area contributed by atoms with Crippen LogP contribution in [0, 0.1) is 12.7 Å². The Labute approximate surface area is 125 Å². The lowest BCUT2D eigenvalue weighted by molar-refractivity contribution is 0.0996. The second-order valence-electron chi connectivity index (χ2n) is 4.91. The number of hydrogen-bond acceptors (Lipinski definition) is 3. The van der Waals surface area contributed by atoms with E-state index in [4.69, 9.17) is 4.42 Å². The third-order valence-corrected chi connectivity index (χ3v) is 3.23. The van der Waals surface area contributed by atoms with Gasteiger partial charge in [0.1, 0.15) is 11.4 Å². The molecule has 3 rings (SSSR count). The average Bonchev–Trinajstić information content (AvgIpc) is 2.50. The summed E-state index contributed by atoms with van der Waals surface area (Å²) in [5.41, 5.74) is 0.947. The number of benzene rings is 2. The van der Waals surface area contributed by atoms with Gasteiger partial charge in [-0.2, -0.15) is 0 Å². The van der Waals surface area contributed by atoms with E-state index in [0.717, 1.165) is 11.6 Å². The fourth-order valence-electron chi connectivity index (χ4n) is 2.13. The number of carbonyl (C=O) groups excluding carboxylic acids is 1. The minimum Gasteiger partial charge on any atom is -0.451 e. The van der Waals surface area contributed by atoms with Crippen molar-refractivity contribution in [2.45, 2.75) is 6.92 Å². The Kier molecular flexibility index (Phi) is 3.47. The average molecular weight is 297 g/mol. The summed E-state index contributed by atoms with van der Waals surface area (Å²) in [5, 5.41) is 2.79. The summed E-state index contributed by atoms with van der Waals surface area (Å²) in [4.78, 5) is 24.2. The second kappa shape index (κ2) is 5.44. The van der Waals surface area contributed by atoms with E-state index in [1.807, 2.05) is 6.92 Å². The van der Waals surface area contributed by atoms with E-state index in [-0.39, 0.29) is 16.9 Å². The molecule has 0 radical (unpaired) electrons. The van der Waals surface area contributed by atoms with Gasteiger partial charge in [-0.05, 0) is 31.2 Å². The summed E-state index contributed by atoms with van der Waals surface area (Å²) in [6.07, 6.45) is 0. The molecular formula is C17H12FNO3. The zero-order chi connectivity index (χ0) is 15.7. The van der Waals surface area contributed by atoms with E-state index >= 15 is 0 Å². The maximum absolute atomic E-state index is 13.5. The first-order valence-electron chi connectivity index (χ1n) is 6.65. The fourth-order valence-corrected chi connectivity index (χ4v) is 2.13. The zero-order valence-corrected chi connectivity index (χ0v) is 11.7. The standard InChI is InChI=1S/C17H12FNO3/c1-10-6-7-15-11(8-10)14(20)9-16(22-15)17(21)19-13-5-3-2-4-12(13)18/h2-9H,1H3,(H,19,21). The van der Waals surface area contributed by atoms with E-state index in [1.165, 1.54) is 18.2 Å². The largest absolute Gasteiger partial charge is 0.451 e. The fraction of sp³-hybridized carbons (Fsp3) is 0.0588. The summed E-state index contributed by atoms with van der Waals surface area (Å²) in [7, 11) is 0. The number of para-hydroxylation sites is 1. The smallest absolute Gasteiger partial charge is 0.291 e. The van der Waals surface area contributed by atoms with Crippen LogP contribution in [0.5, 0.6) is 0 Å². The monoisotopic (exact) mass is 297 g/mol. The summed E-state index contributed by atoms with van der Waals surface area (Å²) in [6, 6.07) is 12.0. The summed E-state index contributed by atoms with van der Waals surface area (Å²) < 4.78 is 19.0. The molecule has 0 saturated carbocycles. The Morgan fingerprint density at radius 3 is 2.68 bits per heavy atom. The van der Waals surface area contributed by atoms with E-state index in [9.17, 15) is 14.0 Å². The molecule has 3 aromatic rings. The Morgan fingerprint density at radius 1 is 1.14 bits per heavy atom. The maximum atomic E-state index is 13.5. The molecule has 0 atom stereocenters. The van der Waals surface area contributed by atoms with Crippen LogP contribution in [0.15, 0.2) is 57.7 Å². The molecule has 1 aromatic heterocycles. The van der Waals surface area contributed by atoms with Crippen molar-refractivity contribution in [1.29, 1.82) is 0 Å². The highest BCUT2D eigenvalue weighted by Gasteiger charge is 2.14. The lowest BCUT2D eigenvalue weighted by Crippen LogP contribution is -2.15. The number of halogens is 1. The molecule has 5 heteroatoms. The first kappa shape index (κ1) is 14.0. The van der Waals surface area contributed by atoms with Crippen LogP contribution in [0.4, 0.5) is 10.1 Å². The number of rotatable bonds is 2. The molecule has 1 heterocycles. The van der Waals surface area contributed by atoms with Crippen LogP contribution >= 0.6 is 0 Å². The molecule has 1 N–H and O–H groups in total. The highest BCUT2D eigenvalue weighted by molar-refractivity contribution is 6.03. The number of aryl methyl sites for hydroxylation is 1. The molecular weight excluding hydrogens is 285 g/mol. The predicted octanol–water partition coefficient (Wildman–Crippen LogP) is 3.49. The van der Waals surface area contributed by atoms with Crippen molar-refractivity contribution in [2.75, 3.05) is 5.32 Å². The van der Waals surface area contributed by atoms with Gasteiger partial charge < -0.3 is 9.73 Å². The molecule has 4 nitrogen and oxygen atoms in total. The lowest BCUT2D eigenvalue weighted by Gasteiger charge is -2.06. The number of amides is 1. The molecule has 0 aliphatic heterocycles. The number of anilines is 1. The highest BCUT2D eigenvalue weighted by Crippen LogP contribution is 2.17. The predicted molar refractivity (Wildman–Crippen MR) is 81.6 cm³/mol. The van der Waals surface area contributed by atoms with Crippen molar-refractivity contribution in [1.82, 2.24) is 0 Å². The number of nitrogens with one attached hydrogen (secondary N) is 1. The Balaban J connectivity index is 2.00. The number of fused-ring (bicyclic) bond motifs is 1. The SMILES string of the molecule is Cc1ccc2oc(C(=O)Nc3ccccc3F)cc(=O)c2c1. The molecule has 0 bridgehead atoms. The van der Waals surface area contributed by atoms with Crippen molar-refractivity contribution < 1.29 is 13.6 Å². The molecule has 22 heavy (non-hydrogen) atoms. The van der Waals surface area contributed by atoms with Gasteiger partial charge in [-0.1, -0.05) is 23.8 Å². The third kappa shape index (κ3) is 2.61. The molecule has 0 aliphatic rings. The van der Waals surface area contributed by atoms with Crippen molar-refractivity contribution in [3.63, 3.8) is 0 Å². The maximum Gasteiger partial charge on any atom is 0.291 e. The first-order valence-corrected chi connectivity index (χ1v) is 6.65. The topological polar surface area (TPSA) is 59.3 Å².